The Morgan fingerprint density at radius 3 is 2.58 bits per heavy atom. The van der Waals surface area contributed by atoms with Gasteiger partial charge in [-0.3, -0.25) is 9.79 Å². The van der Waals surface area contributed by atoms with E-state index in [1.54, 1.807) is 12.1 Å². The number of carbonyl (C=O) groups excluding carboxylic acids is 1. The Bertz CT molecular complexity index is 529. The number of ether oxygens (including phenoxy) is 1. The number of hydrogen-bond acceptors (Lipinski definition) is 4. The molecule has 1 aromatic heterocycles. The molecule has 0 aromatic carbocycles. The second-order valence-electron chi connectivity index (χ2n) is 5.96. The molecule has 0 bridgehead atoms. The Morgan fingerprint density at radius 1 is 1.23 bits per heavy atom. The van der Waals surface area contributed by atoms with E-state index in [4.69, 9.17) is 9.15 Å². The maximum absolute atomic E-state index is 12.3. The molecule has 0 atom stereocenters. The molecule has 0 spiro atoms. The Hall–Kier alpha value is -1.29. The van der Waals surface area contributed by atoms with Crippen LogP contribution in [-0.4, -0.2) is 74.1 Å². The third kappa shape index (κ3) is 7.14. The number of rotatable bonds is 8. The van der Waals surface area contributed by atoms with Gasteiger partial charge in [-0.15, -0.1) is 24.0 Å². The van der Waals surface area contributed by atoms with E-state index in [0.29, 0.717) is 32.0 Å². The summed E-state index contributed by atoms with van der Waals surface area (Å²) in [5.41, 5.74) is 0. The highest BCUT2D eigenvalue weighted by molar-refractivity contribution is 14.0. The summed E-state index contributed by atoms with van der Waals surface area (Å²) >= 11 is 0. The summed E-state index contributed by atoms with van der Waals surface area (Å²) in [5, 5.41) is 3.32. The lowest BCUT2D eigenvalue weighted by Gasteiger charge is -2.36. The molecule has 26 heavy (non-hydrogen) atoms. The summed E-state index contributed by atoms with van der Waals surface area (Å²) in [6.07, 6.45) is 3.77. The van der Waals surface area contributed by atoms with Gasteiger partial charge in [0.1, 0.15) is 0 Å². The highest BCUT2D eigenvalue weighted by atomic mass is 127. The van der Waals surface area contributed by atoms with Gasteiger partial charge >= 0.3 is 0 Å². The minimum atomic E-state index is -0.0455. The van der Waals surface area contributed by atoms with E-state index < -0.39 is 0 Å². The second kappa shape index (κ2) is 13.0. The van der Waals surface area contributed by atoms with Gasteiger partial charge in [-0.1, -0.05) is 13.3 Å². The standard InChI is InChI=1S/C18H30N4O3.HI/c1-3-5-13-24-15-8-20-18(19-4-2)22-11-9-21(10-12-22)17(23)16-7-6-14-25-16;/h6-7,14H,3-5,8-13,15H2,1-2H3,(H,19,20);1H. The maximum Gasteiger partial charge on any atom is 0.289 e. The van der Waals surface area contributed by atoms with Gasteiger partial charge in [0, 0.05) is 39.3 Å². The Morgan fingerprint density at radius 2 is 1.96 bits per heavy atom. The summed E-state index contributed by atoms with van der Waals surface area (Å²) in [4.78, 5) is 21.0. The van der Waals surface area contributed by atoms with Crippen LogP contribution in [0.15, 0.2) is 27.8 Å². The molecule has 8 heteroatoms. The number of halogens is 1. The minimum absolute atomic E-state index is 0. The van der Waals surface area contributed by atoms with Crippen molar-refractivity contribution in [2.24, 2.45) is 4.99 Å². The van der Waals surface area contributed by atoms with Crippen molar-refractivity contribution in [2.45, 2.75) is 26.7 Å². The van der Waals surface area contributed by atoms with Crippen LogP contribution in [0.5, 0.6) is 0 Å². The van der Waals surface area contributed by atoms with Crippen molar-refractivity contribution in [3.8, 4) is 0 Å². The number of hydrogen-bond donors (Lipinski definition) is 1. The highest BCUT2D eigenvalue weighted by Crippen LogP contribution is 2.09. The van der Waals surface area contributed by atoms with Crippen molar-refractivity contribution < 1.29 is 13.9 Å². The van der Waals surface area contributed by atoms with Crippen LogP contribution in [0.25, 0.3) is 0 Å². The molecule has 2 heterocycles. The van der Waals surface area contributed by atoms with E-state index in [9.17, 15) is 4.79 Å². The van der Waals surface area contributed by atoms with Crippen molar-refractivity contribution in [1.29, 1.82) is 0 Å². The summed E-state index contributed by atoms with van der Waals surface area (Å²) in [6.45, 7) is 9.98. The zero-order valence-corrected chi connectivity index (χ0v) is 18.1. The van der Waals surface area contributed by atoms with E-state index in [1.807, 2.05) is 4.90 Å². The molecule has 1 fully saturated rings. The van der Waals surface area contributed by atoms with Crippen LogP contribution in [-0.2, 0) is 4.74 Å². The Balaban J connectivity index is 0.00000338. The first-order valence-electron chi connectivity index (χ1n) is 9.20. The molecule has 0 unspecified atom stereocenters. The fourth-order valence-electron chi connectivity index (χ4n) is 2.67. The molecule has 0 aliphatic carbocycles. The molecular weight excluding hydrogens is 447 g/mol. The van der Waals surface area contributed by atoms with Gasteiger partial charge < -0.3 is 24.3 Å². The lowest BCUT2D eigenvalue weighted by atomic mass is 10.3. The number of guanidine groups is 1. The number of furan rings is 1. The van der Waals surface area contributed by atoms with Crippen LogP contribution in [0.4, 0.5) is 0 Å². The zero-order valence-electron chi connectivity index (χ0n) is 15.8. The number of unbranched alkanes of at least 4 members (excludes halogenated alkanes) is 1. The van der Waals surface area contributed by atoms with Crippen molar-refractivity contribution >= 4 is 35.8 Å². The molecule has 0 saturated carbocycles. The average molecular weight is 478 g/mol. The Labute approximate surface area is 173 Å². The van der Waals surface area contributed by atoms with Gasteiger partial charge in [0.05, 0.1) is 19.4 Å². The molecule has 1 aliphatic rings. The first-order valence-corrected chi connectivity index (χ1v) is 9.20. The van der Waals surface area contributed by atoms with Crippen LogP contribution in [0, 0.1) is 0 Å². The number of piperazine rings is 1. The van der Waals surface area contributed by atoms with Crippen molar-refractivity contribution in [2.75, 3.05) is 52.5 Å². The normalized spacial score (nSPS) is 14.9. The topological polar surface area (TPSA) is 70.3 Å². The van der Waals surface area contributed by atoms with Crippen LogP contribution in [0.2, 0.25) is 0 Å². The summed E-state index contributed by atoms with van der Waals surface area (Å²) in [6, 6.07) is 3.45. The quantitative estimate of drug-likeness (QED) is 0.269. The number of nitrogens with one attached hydrogen (secondary N) is 1. The minimum Gasteiger partial charge on any atom is -0.459 e. The largest absolute Gasteiger partial charge is 0.459 e. The van der Waals surface area contributed by atoms with E-state index in [2.05, 4.69) is 29.1 Å². The molecule has 148 valence electrons. The summed E-state index contributed by atoms with van der Waals surface area (Å²) in [5.74, 6) is 1.25. The first-order chi connectivity index (χ1) is 12.3. The average Bonchev–Trinajstić information content (AvgIpc) is 3.18. The predicted molar refractivity (Wildman–Crippen MR) is 113 cm³/mol. The van der Waals surface area contributed by atoms with Crippen molar-refractivity contribution in [3.63, 3.8) is 0 Å². The molecular formula is C18H31IN4O3. The molecule has 1 aromatic rings. The van der Waals surface area contributed by atoms with Crippen LogP contribution >= 0.6 is 24.0 Å². The van der Waals surface area contributed by atoms with E-state index in [-0.39, 0.29) is 29.9 Å². The highest BCUT2D eigenvalue weighted by Gasteiger charge is 2.25. The van der Waals surface area contributed by atoms with Crippen molar-refractivity contribution in [3.05, 3.63) is 24.2 Å². The fourth-order valence-corrected chi connectivity index (χ4v) is 2.67. The molecule has 1 aliphatic heterocycles. The Kier molecular flexibility index (Phi) is 11.3. The van der Waals surface area contributed by atoms with Gasteiger partial charge in [-0.2, -0.15) is 0 Å². The lowest BCUT2D eigenvalue weighted by molar-refractivity contribution is 0.0657. The second-order valence-corrected chi connectivity index (χ2v) is 5.96. The molecule has 2 rings (SSSR count). The zero-order chi connectivity index (χ0) is 17.9. The maximum atomic E-state index is 12.3. The number of aliphatic imine (C=N–C) groups is 1. The van der Waals surface area contributed by atoms with E-state index >= 15 is 0 Å². The first kappa shape index (κ1) is 22.8. The van der Waals surface area contributed by atoms with Gasteiger partial charge in [0.2, 0.25) is 0 Å². The van der Waals surface area contributed by atoms with Gasteiger partial charge in [0.25, 0.3) is 5.91 Å². The van der Waals surface area contributed by atoms with Gasteiger partial charge in [0.15, 0.2) is 11.7 Å². The van der Waals surface area contributed by atoms with Gasteiger partial charge in [-0.25, -0.2) is 0 Å². The van der Waals surface area contributed by atoms with Gasteiger partial charge in [-0.05, 0) is 25.5 Å². The van der Waals surface area contributed by atoms with Crippen LogP contribution in [0.1, 0.15) is 37.2 Å². The fraction of sp³-hybridized carbons (Fsp3) is 0.667. The lowest BCUT2D eigenvalue weighted by Crippen LogP contribution is -2.53. The molecule has 1 N–H and O–H groups in total. The smallest absolute Gasteiger partial charge is 0.289 e. The van der Waals surface area contributed by atoms with Crippen LogP contribution in [0.3, 0.4) is 0 Å². The monoisotopic (exact) mass is 478 g/mol. The third-order valence-corrected chi connectivity index (χ3v) is 4.07. The molecule has 7 nitrogen and oxygen atoms in total. The molecule has 1 amide bonds. The molecule has 1 saturated heterocycles. The predicted octanol–water partition coefficient (Wildman–Crippen LogP) is 2.44. The summed E-state index contributed by atoms with van der Waals surface area (Å²) < 4.78 is 10.8. The van der Waals surface area contributed by atoms with Crippen molar-refractivity contribution in [1.82, 2.24) is 15.1 Å². The number of carbonyl (C=O) groups is 1. The molecule has 0 radical (unpaired) electrons. The third-order valence-electron chi connectivity index (χ3n) is 4.07. The van der Waals surface area contributed by atoms with E-state index in [1.165, 1.54) is 6.26 Å². The summed E-state index contributed by atoms with van der Waals surface area (Å²) in [7, 11) is 0. The number of amides is 1. The van der Waals surface area contributed by atoms with Crippen LogP contribution < -0.4 is 5.32 Å². The van der Waals surface area contributed by atoms with E-state index in [0.717, 1.165) is 45.0 Å². The SMILES string of the molecule is CCCCOCCN=C(NCC)N1CCN(C(=O)c2ccco2)CC1.I. The number of nitrogens with zero attached hydrogens (tertiary/aromatic N) is 3.